The van der Waals surface area contributed by atoms with Crippen LogP contribution < -0.4 is 20.7 Å². The van der Waals surface area contributed by atoms with Gasteiger partial charge in [-0.1, -0.05) is 43.0 Å². The molecule has 1 saturated carbocycles. The van der Waals surface area contributed by atoms with Gasteiger partial charge in [-0.25, -0.2) is 0 Å². The number of rotatable bonds is 13. The molecule has 0 radical (unpaired) electrons. The number of carbonyl (C=O) groups is 4. The van der Waals surface area contributed by atoms with Gasteiger partial charge in [-0.05, 0) is 37.0 Å². The number of aromatic nitrogens is 1. The number of hydrogen-bond donors (Lipinski definition) is 3. The molecule has 10 heteroatoms. The van der Waals surface area contributed by atoms with Gasteiger partial charge in [0.15, 0.2) is 0 Å². The summed E-state index contributed by atoms with van der Waals surface area (Å²) in [6.45, 7) is 1.44. The Morgan fingerprint density at radius 1 is 1.14 bits per heavy atom. The van der Waals surface area contributed by atoms with E-state index in [1.807, 2.05) is 12.1 Å². The number of amides is 3. The SMILES string of the molecule is COc1ccc(C[C@H](NC(=O)CNC(=O)Cc2cc(C)no2)C(=O)N[C@H](C=O)CC2CCCC2)cc1. The smallest absolute Gasteiger partial charge is 0.243 e. The van der Waals surface area contributed by atoms with Crippen LogP contribution in [0.2, 0.25) is 0 Å². The Labute approximate surface area is 210 Å². The summed E-state index contributed by atoms with van der Waals surface area (Å²) in [5, 5.41) is 11.7. The van der Waals surface area contributed by atoms with Crippen molar-refractivity contribution in [3.8, 4) is 5.75 Å². The Hall–Kier alpha value is -3.69. The third-order valence-electron chi connectivity index (χ3n) is 6.26. The zero-order valence-electron chi connectivity index (χ0n) is 20.7. The van der Waals surface area contributed by atoms with Crippen molar-refractivity contribution in [2.24, 2.45) is 5.92 Å². The van der Waals surface area contributed by atoms with Crippen molar-refractivity contribution in [1.29, 1.82) is 0 Å². The van der Waals surface area contributed by atoms with Gasteiger partial charge >= 0.3 is 0 Å². The molecule has 0 saturated heterocycles. The lowest BCUT2D eigenvalue weighted by Crippen LogP contribution is -2.53. The summed E-state index contributed by atoms with van der Waals surface area (Å²) in [6, 6.07) is 7.26. The first kappa shape index (κ1) is 26.9. The minimum absolute atomic E-state index is 0.0495. The summed E-state index contributed by atoms with van der Waals surface area (Å²) in [4.78, 5) is 49.5. The van der Waals surface area contributed by atoms with E-state index in [9.17, 15) is 19.2 Å². The summed E-state index contributed by atoms with van der Waals surface area (Å²) < 4.78 is 10.2. The second-order valence-corrected chi connectivity index (χ2v) is 9.20. The molecule has 1 aromatic heterocycles. The van der Waals surface area contributed by atoms with E-state index in [-0.39, 0.29) is 19.4 Å². The number of aldehydes is 1. The van der Waals surface area contributed by atoms with Gasteiger partial charge in [0.1, 0.15) is 23.8 Å². The second-order valence-electron chi connectivity index (χ2n) is 9.20. The zero-order chi connectivity index (χ0) is 25.9. The van der Waals surface area contributed by atoms with Crippen LogP contribution >= 0.6 is 0 Å². The van der Waals surface area contributed by atoms with E-state index in [0.29, 0.717) is 29.5 Å². The minimum Gasteiger partial charge on any atom is -0.497 e. The van der Waals surface area contributed by atoms with Crippen LogP contribution in [0.15, 0.2) is 34.9 Å². The van der Waals surface area contributed by atoms with Crippen LogP contribution in [0.3, 0.4) is 0 Å². The van der Waals surface area contributed by atoms with E-state index in [1.165, 1.54) is 0 Å². The largest absolute Gasteiger partial charge is 0.497 e. The van der Waals surface area contributed by atoms with Gasteiger partial charge < -0.3 is 30.0 Å². The third-order valence-corrected chi connectivity index (χ3v) is 6.26. The zero-order valence-corrected chi connectivity index (χ0v) is 20.7. The molecule has 2 atom stereocenters. The highest BCUT2D eigenvalue weighted by Gasteiger charge is 2.26. The Balaban J connectivity index is 1.59. The molecule has 194 valence electrons. The van der Waals surface area contributed by atoms with Crippen LogP contribution in [0.5, 0.6) is 5.75 Å². The number of methoxy groups -OCH3 is 1. The molecule has 1 heterocycles. The molecule has 2 aromatic rings. The van der Waals surface area contributed by atoms with Crippen molar-refractivity contribution in [3.05, 3.63) is 47.3 Å². The number of carbonyl (C=O) groups excluding carboxylic acids is 4. The van der Waals surface area contributed by atoms with E-state index in [2.05, 4.69) is 21.1 Å². The fourth-order valence-electron chi connectivity index (χ4n) is 4.39. The number of hydrogen-bond acceptors (Lipinski definition) is 7. The van der Waals surface area contributed by atoms with Crippen molar-refractivity contribution in [2.75, 3.05) is 13.7 Å². The highest BCUT2D eigenvalue weighted by Crippen LogP contribution is 2.28. The highest BCUT2D eigenvalue weighted by molar-refractivity contribution is 5.91. The molecule has 0 unspecified atom stereocenters. The van der Waals surface area contributed by atoms with E-state index < -0.39 is 29.8 Å². The molecule has 1 aromatic carbocycles. The van der Waals surface area contributed by atoms with Crippen molar-refractivity contribution in [3.63, 3.8) is 0 Å². The molecule has 0 spiro atoms. The average Bonchev–Trinajstić information content (AvgIpc) is 3.53. The molecule has 1 aliphatic carbocycles. The van der Waals surface area contributed by atoms with Gasteiger partial charge in [0.25, 0.3) is 0 Å². The molecule has 3 rings (SSSR count). The lowest BCUT2D eigenvalue weighted by atomic mass is 9.98. The molecular weight excluding hydrogens is 464 g/mol. The van der Waals surface area contributed by atoms with Gasteiger partial charge in [-0.3, -0.25) is 14.4 Å². The molecule has 0 aliphatic heterocycles. The van der Waals surface area contributed by atoms with Crippen LogP contribution in [-0.2, 0) is 32.0 Å². The van der Waals surface area contributed by atoms with Crippen molar-refractivity contribution in [2.45, 2.75) is 64.0 Å². The number of ether oxygens (including phenoxy) is 1. The first-order valence-corrected chi connectivity index (χ1v) is 12.2. The first-order valence-electron chi connectivity index (χ1n) is 12.2. The minimum atomic E-state index is -0.925. The number of benzene rings is 1. The predicted molar refractivity (Wildman–Crippen MR) is 131 cm³/mol. The standard InChI is InChI=1S/C26H34N4O6/c1-17-11-22(36-30-17)14-24(32)27-15-25(33)29-23(13-19-7-9-21(35-2)10-8-19)26(34)28-20(16-31)12-18-5-3-4-6-18/h7-11,16,18,20,23H,3-6,12-15H2,1-2H3,(H,27,32)(H,28,34)(H,29,33)/t20-,23-/m0/s1. The van der Waals surface area contributed by atoms with Crippen molar-refractivity contribution < 1.29 is 28.4 Å². The Bertz CT molecular complexity index is 1030. The maximum Gasteiger partial charge on any atom is 0.243 e. The normalized spacial score (nSPS) is 15.1. The number of nitrogens with one attached hydrogen (secondary N) is 3. The number of aryl methyl sites for hydroxylation is 1. The lowest BCUT2D eigenvalue weighted by Gasteiger charge is -2.22. The fraction of sp³-hybridized carbons (Fsp3) is 0.500. The third kappa shape index (κ3) is 8.51. The predicted octanol–water partition coefficient (Wildman–Crippen LogP) is 1.64. The second kappa shape index (κ2) is 13.4. The highest BCUT2D eigenvalue weighted by atomic mass is 16.5. The summed E-state index contributed by atoms with van der Waals surface area (Å²) in [5.74, 6) is 0.103. The summed E-state index contributed by atoms with van der Waals surface area (Å²) >= 11 is 0. The molecule has 36 heavy (non-hydrogen) atoms. The summed E-state index contributed by atoms with van der Waals surface area (Å²) in [7, 11) is 1.56. The van der Waals surface area contributed by atoms with Crippen LogP contribution in [-0.4, -0.2) is 54.9 Å². The van der Waals surface area contributed by atoms with E-state index in [1.54, 1.807) is 32.2 Å². The topological polar surface area (TPSA) is 140 Å². The maximum absolute atomic E-state index is 13.1. The molecular formula is C26H34N4O6. The van der Waals surface area contributed by atoms with Gasteiger partial charge in [0.05, 0.1) is 31.8 Å². The lowest BCUT2D eigenvalue weighted by molar-refractivity contribution is -0.130. The molecule has 1 aliphatic rings. The average molecular weight is 499 g/mol. The molecule has 3 N–H and O–H groups in total. The van der Waals surface area contributed by atoms with Gasteiger partial charge in [-0.2, -0.15) is 0 Å². The van der Waals surface area contributed by atoms with Gasteiger partial charge in [0.2, 0.25) is 17.7 Å². The van der Waals surface area contributed by atoms with Crippen molar-refractivity contribution >= 4 is 24.0 Å². The monoisotopic (exact) mass is 498 g/mol. The van der Waals surface area contributed by atoms with Crippen LogP contribution in [0.4, 0.5) is 0 Å². The quantitative estimate of drug-likeness (QED) is 0.357. The molecule has 0 bridgehead atoms. The number of nitrogens with zero attached hydrogens (tertiary/aromatic N) is 1. The van der Waals surface area contributed by atoms with Crippen LogP contribution in [0.1, 0.15) is 49.1 Å². The van der Waals surface area contributed by atoms with E-state index in [4.69, 9.17) is 9.26 Å². The van der Waals surface area contributed by atoms with Gasteiger partial charge in [0, 0.05) is 12.5 Å². The van der Waals surface area contributed by atoms with E-state index >= 15 is 0 Å². The molecule has 3 amide bonds. The maximum atomic E-state index is 13.1. The fourth-order valence-corrected chi connectivity index (χ4v) is 4.39. The van der Waals surface area contributed by atoms with Gasteiger partial charge in [-0.15, -0.1) is 0 Å². The molecule has 10 nitrogen and oxygen atoms in total. The summed E-state index contributed by atoms with van der Waals surface area (Å²) in [6.07, 6.45) is 5.90. The van der Waals surface area contributed by atoms with Crippen molar-refractivity contribution in [1.82, 2.24) is 21.1 Å². The van der Waals surface area contributed by atoms with E-state index in [0.717, 1.165) is 37.5 Å². The Kier molecular flexibility index (Phi) is 10.0. The molecule has 1 fully saturated rings. The Morgan fingerprint density at radius 2 is 1.86 bits per heavy atom. The first-order chi connectivity index (χ1) is 17.4. The summed E-state index contributed by atoms with van der Waals surface area (Å²) in [5.41, 5.74) is 1.46. The Morgan fingerprint density at radius 3 is 2.47 bits per heavy atom. The van der Waals surface area contributed by atoms with Crippen LogP contribution in [0, 0.1) is 12.8 Å². The van der Waals surface area contributed by atoms with Crippen LogP contribution in [0.25, 0.3) is 0 Å².